The largest absolute Gasteiger partial charge is 0.324 e. The highest BCUT2D eigenvalue weighted by Crippen LogP contribution is 2.35. The van der Waals surface area contributed by atoms with Crippen LogP contribution >= 0.6 is 0 Å². The zero-order valence-electron chi connectivity index (χ0n) is 18.3. The van der Waals surface area contributed by atoms with Crippen molar-refractivity contribution in [3.63, 3.8) is 0 Å². The lowest BCUT2D eigenvalue weighted by Gasteiger charge is -2.30. The van der Waals surface area contributed by atoms with Gasteiger partial charge in [-0.25, -0.2) is 0 Å². The normalized spacial score (nSPS) is 31.7. The third-order valence-corrected chi connectivity index (χ3v) is 6.59. The highest BCUT2D eigenvalue weighted by atomic mass is 15.2. The van der Waals surface area contributed by atoms with Gasteiger partial charge in [0.15, 0.2) is 0 Å². The van der Waals surface area contributed by atoms with Crippen molar-refractivity contribution in [1.29, 1.82) is 5.41 Å². The van der Waals surface area contributed by atoms with Crippen molar-refractivity contribution in [2.75, 3.05) is 0 Å². The minimum atomic E-state index is -0.183. The fraction of sp³-hybridized carbons (Fsp3) is 0.423. The van der Waals surface area contributed by atoms with Crippen molar-refractivity contribution in [3.05, 3.63) is 83.9 Å². The molecule has 0 aliphatic heterocycles. The Bertz CT molecular complexity index is 864. The maximum Gasteiger partial charge on any atom is 0.0458 e. The third-order valence-electron chi connectivity index (χ3n) is 6.59. The van der Waals surface area contributed by atoms with Crippen LogP contribution in [0.3, 0.4) is 0 Å². The van der Waals surface area contributed by atoms with Gasteiger partial charge in [0.25, 0.3) is 0 Å². The first-order valence-corrected chi connectivity index (χ1v) is 10.8. The summed E-state index contributed by atoms with van der Waals surface area (Å²) in [6.45, 7) is 8.80. The summed E-state index contributed by atoms with van der Waals surface area (Å²) in [7, 11) is 0. The Hall–Kier alpha value is -2.39. The number of nitrogens with zero attached hydrogens (tertiary/aromatic N) is 1. The molecule has 0 saturated heterocycles. The molecule has 3 rings (SSSR count). The van der Waals surface area contributed by atoms with Crippen molar-refractivity contribution in [2.45, 2.75) is 59.4 Å². The molecule has 0 heterocycles. The van der Waals surface area contributed by atoms with Crippen molar-refractivity contribution in [1.82, 2.24) is 4.90 Å². The summed E-state index contributed by atoms with van der Waals surface area (Å²) >= 11 is 0. The minimum absolute atomic E-state index is 0.0691. The van der Waals surface area contributed by atoms with E-state index in [9.17, 15) is 0 Å². The molecule has 3 N–H and O–H groups in total. The number of nitrogens with two attached hydrogens (primary N) is 1. The molecule has 29 heavy (non-hydrogen) atoms. The van der Waals surface area contributed by atoms with Crippen LogP contribution in [-0.4, -0.2) is 16.7 Å². The zero-order chi connectivity index (χ0) is 21.1. The number of allylic oxidation sites excluding steroid dienone is 9. The van der Waals surface area contributed by atoms with Crippen LogP contribution < -0.4 is 5.73 Å². The van der Waals surface area contributed by atoms with Gasteiger partial charge in [-0.2, -0.15) is 0 Å². The highest BCUT2D eigenvalue weighted by molar-refractivity contribution is 5.90. The topological polar surface area (TPSA) is 53.1 Å². The van der Waals surface area contributed by atoms with E-state index in [2.05, 4.69) is 99.4 Å². The zero-order valence-corrected chi connectivity index (χ0v) is 18.3. The van der Waals surface area contributed by atoms with Crippen molar-refractivity contribution < 1.29 is 0 Å². The summed E-state index contributed by atoms with van der Waals surface area (Å²) in [4.78, 5) is 2.30. The van der Waals surface area contributed by atoms with Gasteiger partial charge in [0.1, 0.15) is 0 Å². The Morgan fingerprint density at radius 1 is 1.00 bits per heavy atom. The molecule has 0 radical (unpaired) electrons. The van der Waals surface area contributed by atoms with E-state index < -0.39 is 0 Å². The second-order valence-electron chi connectivity index (χ2n) is 8.78. The van der Waals surface area contributed by atoms with Gasteiger partial charge >= 0.3 is 0 Å². The van der Waals surface area contributed by atoms with Gasteiger partial charge in [-0.1, -0.05) is 70.2 Å². The third kappa shape index (κ3) is 4.62. The second-order valence-corrected chi connectivity index (χ2v) is 8.78. The first-order chi connectivity index (χ1) is 13.8. The quantitative estimate of drug-likeness (QED) is 0.591. The number of hydrogen-bond acceptors (Lipinski definition) is 3. The van der Waals surface area contributed by atoms with E-state index in [1.54, 1.807) is 0 Å². The Balaban J connectivity index is 2.04. The molecule has 0 bridgehead atoms. The fourth-order valence-electron chi connectivity index (χ4n) is 3.75. The summed E-state index contributed by atoms with van der Waals surface area (Å²) in [6.07, 6.45) is 27.7. The van der Waals surface area contributed by atoms with Crippen LogP contribution in [0.4, 0.5) is 0 Å². The Morgan fingerprint density at radius 2 is 1.72 bits per heavy atom. The monoisotopic (exact) mass is 389 g/mol. The van der Waals surface area contributed by atoms with E-state index in [1.807, 2.05) is 0 Å². The van der Waals surface area contributed by atoms with E-state index >= 15 is 0 Å². The highest BCUT2D eigenvalue weighted by Gasteiger charge is 2.28. The maximum atomic E-state index is 8.54. The number of hydrogen-bond donors (Lipinski definition) is 2. The van der Waals surface area contributed by atoms with Crippen LogP contribution in [0.15, 0.2) is 83.9 Å². The molecule has 0 aromatic rings. The first kappa shape index (κ1) is 21.3. The molecule has 0 aromatic heterocycles. The van der Waals surface area contributed by atoms with Crippen molar-refractivity contribution in [3.8, 4) is 0 Å². The molecule has 3 unspecified atom stereocenters. The lowest BCUT2D eigenvalue weighted by molar-refractivity contribution is 0.526. The summed E-state index contributed by atoms with van der Waals surface area (Å²) < 4.78 is 0. The van der Waals surface area contributed by atoms with Crippen LogP contribution in [0.1, 0.15) is 53.4 Å². The molecule has 3 nitrogen and oxygen atoms in total. The second kappa shape index (κ2) is 8.54. The fourth-order valence-corrected chi connectivity index (χ4v) is 3.75. The molecule has 0 fully saturated rings. The van der Waals surface area contributed by atoms with Gasteiger partial charge in [0.2, 0.25) is 0 Å². The van der Waals surface area contributed by atoms with Crippen LogP contribution in [0.2, 0.25) is 0 Å². The van der Waals surface area contributed by atoms with Gasteiger partial charge in [-0.3, -0.25) is 0 Å². The minimum Gasteiger partial charge on any atom is -0.324 e. The van der Waals surface area contributed by atoms with Gasteiger partial charge in [-0.15, -0.1) is 0 Å². The van der Waals surface area contributed by atoms with E-state index in [1.165, 1.54) is 0 Å². The van der Waals surface area contributed by atoms with Gasteiger partial charge in [-0.05, 0) is 43.6 Å². The lowest BCUT2D eigenvalue weighted by atomic mass is 9.81. The van der Waals surface area contributed by atoms with Crippen LogP contribution in [-0.2, 0) is 0 Å². The predicted octanol–water partition coefficient (Wildman–Crippen LogP) is 6.17. The SMILES string of the molecule is CCC1(C)C=CC=C(N(C2=CCC(=N)C(C)(CC)C=C2)C2=CCC(N)C=C2)C=C1. The van der Waals surface area contributed by atoms with Crippen LogP contribution in [0.25, 0.3) is 0 Å². The molecule has 3 atom stereocenters. The smallest absolute Gasteiger partial charge is 0.0458 e. The van der Waals surface area contributed by atoms with E-state index in [4.69, 9.17) is 11.1 Å². The molecule has 3 aliphatic carbocycles. The summed E-state index contributed by atoms with van der Waals surface area (Å²) in [5.41, 5.74) is 10.1. The number of nitrogens with one attached hydrogen (secondary N) is 1. The van der Waals surface area contributed by atoms with Gasteiger partial charge < -0.3 is 16.0 Å². The standard InChI is InChI=1S/C26H35N3/c1-5-25(3)17-7-8-21(15-18-25)29(22-11-9-20(27)10-12-22)23-13-14-24(28)26(4,6-2)19-16-23/h7-9,11-13,15-20,28H,5-6,10,14,27H2,1-4H3. The average Bonchev–Trinajstić information content (AvgIpc) is 3.00. The van der Waals surface area contributed by atoms with E-state index in [-0.39, 0.29) is 16.9 Å². The Labute approximate surface area is 176 Å². The number of rotatable bonds is 5. The van der Waals surface area contributed by atoms with E-state index in [0.717, 1.165) is 42.1 Å². The lowest BCUT2D eigenvalue weighted by Crippen LogP contribution is -2.24. The molecule has 0 amide bonds. The average molecular weight is 390 g/mol. The van der Waals surface area contributed by atoms with Crippen LogP contribution in [0, 0.1) is 16.2 Å². The van der Waals surface area contributed by atoms with Gasteiger partial charge in [0, 0.05) is 46.1 Å². The summed E-state index contributed by atoms with van der Waals surface area (Å²) in [5.74, 6) is 0. The molecule has 154 valence electrons. The van der Waals surface area contributed by atoms with Crippen molar-refractivity contribution >= 4 is 5.71 Å². The first-order valence-electron chi connectivity index (χ1n) is 10.8. The van der Waals surface area contributed by atoms with Crippen LogP contribution in [0.5, 0.6) is 0 Å². The maximum absolute atomic E-state index is 8.54. The molecule has 0 aromatic carbocycles. The Morgan fingerprint density at radius 3 is 2.38 bits per heavy atom. The summed E-state index contributed by atoms with van der Waals surface area (Å²) in [5, 5.41) is 8.54. The molecule has 3 aliphatic rings. The molecular weight excluding hydrogens is 354 g/mol. The summed E-state index contributed by atoms with van der Waals surface area (Å²) in [6, 6.07) is 0.0813. The van der Waals surface area contributed by atoms with Gasteiger partial charge in [0.05, 0.1) is 0 Å². The predicted molar refractivity (Wildman–Crippen MR) is 124 cm³/mol. The Kier molecular flexibility index (Phi) is 6.28. The van der Waals surface area contributed by atoms with E-state index in [0.29, 0.717) is 6.42 Å². The molecule has 3 heteroatoms. The van der Waals surface area contributed by atoms with Crippen molar-refractivity contribution in [2.24, 2.45) is 16.6 Å². The molecule has 0 spiro atoms. The molecule has 0 saturated carbocycles. The molecular formula is C26H35N3.